The van der Waals surface area contributed by atoms with E-state index in [1.165, 1.54) is 0 Å². The molecular formula is C13H17ClN2O. The van der Waals surface area contributed by atoms with Crippen LogP contribution in [0.2, 0.25) is 5.02 Å². The van der Waals surface area contributed by atoms with E-state index in [1.807, 2.05) is 0 Å². The molecule has 0 radical (unpaired) electrons. The smallest absolute Gasteiger partial charge is 0.101 e. The average Bonchev–Trinajstić information content (AvgIpc) is 2.34. The lowest BCUT2D eigenvalue weighted by molar-refractivity contribution is 0.283. The highest BCUT2D eigenvalue weighted by Gasteiger charge is 2.01. The molecule has 0 fully saturated rings. The van der Waals surface area contributed by atoms with Crippen LogP contribution in [0.4, 0.5) is 5.69 Å². The van der Waals surface area contributed by atoms with Crippen molar-refractivity contribution in [2.75, 3.05) is 18.5 Å². The van der Waals surface area contributed by atoms with Crippen LogP contribution < -0.4 is 5.32 Å². The van der Waals surface area contributed by atoms with Crippen LogP contribution in [0.3, 0.4) is 0 Å². The van der Waals surface area contributed by atoms with Crippen LogP contribution in [0.25, 0.3) is 0 Å². The number of hydrogen-bond acceptors (Lipinski definition) is 3. The summed E-state index contributed by atoms with van der Waals surface area (Å²) in [6.45, 7) is 1.08. The number of halogens is 1. The van der Waals surface area contributed by atoms with Gasteiger partial charge in [0.05, 0.1) is 11.3 Å². The van der Waals surface area contributed by atoms with Crippen LogP contribution in [0.15, 0.2) is 18.2 Å². The summed E-state index contributed by atoms with van der Waals surface area (Å²) in [7, 11) is 0. The fourth-order valence-corrected chi connectivity index (χ4v) is 1.75. The first-order valence-electron chi connectivity index (χ1n) is 5.82. The van der Waals surface area contributed by atoms with Gasteiger partial charge in [-0.15, -0.1) is 0 Å². The second-order valence-corrected chi connectivity index (χ2v) is 4.30. The number of nitrogens with one attached hydrogen (secondary N) is 1. The predicted octanol–water partition coefficient (Wildman–Crippen LogP) is 3.18. The maximum Gasteiger partial charge on any atom is 0.101 e. The molecule has 0 heterocycles. The Balaban J connectivity index is 2.36. The van der Waals surface area contributed by atoms with E-state index in [2.05, 4.69) is 11.4 Å². The molecule has 0 saturated carbocycles. The molecule has 1 rings (SSSR count). The van der Waals surface area contributed by atoms with E-state index in [9.17, 15) is 0 Å². The Morgan fingerprint density at radius 2 is 2.00 bits per heavy atom. The molecule has 0 aliphatic heterocycles. The summed E-state index contributed by atoms with van der Waals surface area (Å²) in [5.74, 6) is 0. The Bertz CT molecular complexity index is 387. The van der Waals surface area contributed by atoms with Crippen LogP contribution >= 0.6 is 11.6 Å². The molecule has 17 heavy (non-hydrogen) atoms. The molecule has 0 amide bonds. The van der Waals surface area contributed by atoms with E-state index in [1.54, 1.807) is 18.2 Å². The van der Waals surface area contributed by atoms with E-state index in [0.717, 1.165) is 37.9 Å². The summed E-state index contributed by atoms with van der Waals surface area (Å²) in [5.41, 5.74) is 1.41. The van der Waals surface area contributed by atoms with Gasteiger partial charge >= 0.3 is 0 Å². The normalized spacial score (nSPS) is 9.94. The van der Waals surface area contributed by atoms with Gasteiger partial charge in [0, 0.05) is 18.2 Å². The third-order valence-electron chi connectivity index (χ3n) is 2.50. The van der Waals surface area contributed by atoms with Gasteiger partial charge in [-0.1, -0.05) is 24.4 Å². The van der Waals surface area contributed by atoms with Gasteiger partial charge in [-0.2, -0.15) is 5.26 Å². The third kappa shape index (κ3) is 5.08. The molecule has 0 aromatic heterocycles. The van der Waals surface area contributed by atoms with E-state index in [0.29, 0.717) is 10.6 Å². The summed E-state index contributed by atoms with van der Waals surface area (Å²) in [6, 6.07) is 7.33. The molecule has 0 saturated heterocycles. The largest absolute Gasteiger partial charge is 0.396 e. The number of unbranched alkanes of at least 4 members (excludes halogenated alkanes) is 3. The van der Waals surface area contributed by atoms with Crippen molar-refractivity contribution in [2.24, 2.45) is 0 Å². The van der Waals surface area contributed by atoms with Gasteiger partial charge in [-0.05, 0) is 31.0 Å². The maximum atomic E-state index is 8.92. The fraction of sp³-hybridized carbons (Fsp3) is 0.462. The van der Waals surface area contributed by atoms with E-state index in [-0.39, 0.29) is 6.61 Å². The number of anilines is 1. The molecule has 0 spiro atoms. The highest BCUT2D eigenvalue weighted by Crippen LogP contribution is 2.20. The topological polar surface area (TPSA) is 56.0 Å². The first-order chi connectivity index (χ1) is 8.27. The number of nitrogens with zero attached hydrogens (tertiary/aromatic N) is 1. The van der Waals surface area contributed by atoms with Crippen molar-refractivity contribution in [2.45, 2.75) is 25.7 Å². The SMILES string of the molecule is N#Cc1ccc(Cl)cc1NCCCCCCO. The lowest BCUT2D eigenvalue weighted by Gasteiger charge is -2.08. The van der Waals surface area contributed by atoms with Crippen molar-refractivity contribution in [1.82, 2.24) is 0 Å². The van der Waals surface area contributed by atoms with Crippen molar-refractivity contribution in [3.05, 3.63) is 28.8 Å². The van der Waals surface area contributed by atoms with Crippen molar-refractivity contribution >= 4 is 17.3 Å². The Morgan fingerprint density at radius 1 is 1.24 bits per heavy atom. The summed E-state index contributed by atoms with van der Waals surface area (Å²) >= 11 is 5.88. The molecule has 1 aromatic carbocycles. The Kier molecular flexibility index (Phi) is 6.46. The van der Waals surface area contributed by atoms with E-state index < -0.39 is 0 Å². The minimum absolute atomic E-state index is 0.264. The van der Waals surface area contributed by atoms with Gasteiger partial charge in [0.2, 0.25) is 0 Å². The molecule has 0 atom stereocenters. The predicted molar refractivity (Wildman–Crippen MR) is 70.2 cm³/mol. The summed E-state index contributed by atoms with van der Waals surface area (Å²) in [4.78, 5) is 0. The highest BCUT2D eigenvalue weighted by atomic mass is 35.5. The van der Waals surface area contributed by atoms with Gasteiger partial charge < -0.3 is 10.4 Å². The average molecular weight is 253 g/mol. The van der Waals surface area contributed by atoms with Crippen LogP contribution in [0, 0.1) is 11.3 Å². The lowest BCUT2D eigenvalue weighted by Crippen LogP contribution is -2.03. The first kappa shape index (κ1) is 13.8. The first-order valence-corrected chi connectivity index (χ1v) is 6.20. The van der Waals surface area contributed by atoms with Crippen LogP contribution in [-0.4, -0.2) is 18.3 Å². The Labute approximate surface area is 107 Å². The number of hydrogen-bond donors (Lipinski definition) is 2. The number of rotatable bonds is 7. The monoisotopic (exact) mass is 252 g/mol. The second-order valence-electron chi connectivity index (χ2n) is 3.87. The highest BCUT2D eigenvalue weighted by molar-refractivity contribution is 6.30. The number of benzene rings is 1. The number of aliphatic hydroxyl groups is 1. The van der Waals surface area contributed by atoms with Crippen molar-refractivity contribution in [3.63, 3.8) is 0 Å². The maximum absolute atomic E-state index is 8.92. The molecule has 1 aromatic rings. The minimum Gasteiger partial charge on any atom is -0.396 e. The quantitative estimate of drug-likeness (QED) is 0.733. The van der Waals surface area contributed by atoms with Gasteiger partial charge in [0.1, 0.15) is 6.07 Å². The van der Waals surface area contributed by atoms with E-state index in [4.69, 9.17) is 22.0 Å². The molecule has 0 aliphatic carbocycles. The van der Waals surface area contributed by atoms with Gasteiger partial charge in [-0.3, -0.25) is 0 Å². The Hall–Kier alpha value is -1.24. The van der Waals surface area contributed by atoms with Gasteiger partial charge in [0.15, 0.2) is 0 Å². The van der Waals surface area contributed by atoms with Crippen LogP contribution in [0.5, 0.6) is 0 Å². The zero-order chi connectivity index (χ0) is 12.5. The summed E-state index contributed by atoms with van der Waals surface area (Å²) in [5, 5.41) is 21.4. The van der Waals surface area contributed by atoms with E-state index >= 15 is 0 Å². The molecular weight excluding hydrogens is 236 g/mol. The Morgan fingerprint density at radius 3 is 2.71 bits per heavy atom. The molecule has 3 nitrogen and oxygen atoms in total. The number of nitriles is 1. The standard InChI is InChI=1S/C13H17ClN2O/c14-12-6-5-11(10-15)13(9-12)16-7-3-1-2-4-8-17/h5-6,9,16-17H,1-4,7-8H2. The summed E-state index contributed by atoms with van der Waals surface area (Å²) < 4.78 is 0. The molecule has 92 valence electrons. The third-order valence-corrected chi connectivity index (χ3v) is 2.74. The van der Waals surface area contributed by atoms with Gasteiger partial charge in [0.25, 0.3) is 0 Å². The van der Waals surface area contributed by atoms with Crippen molar-refractivity contribution < 1.29 is 5.11 Å². The summed E-state index contributed by atoms with van der Waals surface area (Å²) in [6.07, 6.45) is 4.01. The fourth-order valence-electron chi connectivity index (χ4n) is 1.57. The van der Waals surface area contributed by atoms with Crippen LogP contribution in [0.1, 0.15) is 31.2 Å². The zero-order valence-electron chi connectivity index (χ0n) is 9.75. The molecule has 2 N–H and O–H groups in total. The van der Waals surface area contributed by atoms with Crippen molar-refractivity contribution in [1.29, 1.82) is 5.26 Å². The van der Waals surface area contributed by atoms with Gasteiger partial charge in [-0.25, -0.2) is 0 Å². The molecule has 0 bridgehead atoms. The molecule has 4 heteroatoms. The number of aliphatic hydroxyl groups excluding tert-OH is 1. The zero-order valence-corrected chi connectivity index (χ0v) is 10.5. The van der Waals surface area contributed by atoms with Crippen molar-refractivity contribution in [3.8, 4) is 6.07 Å². The lowest BCUT2D eigenvalue weighted by atomic mass is 10.1. The minimum atomic E-state index is 0.264. The second kappa shape index (κ2) is 7.94. The molecule has 0 unspecified atom stereocenters. The van der Waals surface area contributed by atoms with Crippen LogP contribution in [-0.2, 0) is 0 Å². The molecule has 0 aliphatic rings.